The third-order valence-electron chi connectivity index (χ3n) is 2.81. The van der Waals surface area contributed by atoms with E-state index in [2.05, 4.69) is 31.9 Å². The predicted molar refractivity (Wildman–Crippen MR) is 86.1 cm³/mol. The Morgan fingerprint density at radius 2 is 1.76 bits per heavy atom. The average Bonchev–Trinajstić information content (AvgIpc) is 2.41. The van der Waals surface area contributed by atoms with E-state index in [9.17, 15) is 13.2 Å². The van der Waals surface area contributed by atoms with Gasteiger partial charge < -0.3 is 5.11 Å². The Bertz CT molecular complexity index is 800. The Morgan fingerprint density at radius 1 is 1.10 bits per heavy atom. The van der Waals surface area contributed by atoms with Crippen molar-refractivity contribution in [3.8, 4) is 0 Å². The van der Waals surface area contributed by atoms with Gasteiger partial charge in [0.2, 0.25) is 0 Å². The van der Waals surface area contributed by atoms with Crippen molar-refractivity contribution in [2.75, 3.05) is 0 Å². The highest BCUT2D eigenvalue weighted by Crippen LogP contribution is 2.27. The molecule has 0 radical (unpaired) electrons. The predicted octanol–water partition coefficient (Wildman–Crippen LogP) is 3.88. The summed E-state index contributed by atoms with van der Waals surface area (Å²) in [7, 11) is -3.77. The van der Waals surface area contributed by atoms with Crippen LogP contribution in [0.5, 0.6) is 0 Å². The molecule has 0 saturated carbocycles. The van der Waals surface area contributed by atoms with E-state index in [0.29, 0.717) is 14.5 Å². The number of hydrogen-bond acceptors (Lipinski definition) is 3. The second kappa shape index (κ2) is 6.29. The highest BCUT2D eigenvalue weighted by atomic mass is 79.9. The monoisotopic (exact) mass is 432 g/mol. The molecule has 0 bridgehead atoms. The summed E-state index contributed by atoms with van der Waals surface area (Å²) in [5.74, 6) is -1.54. The first-order valence-corrected chi connectivity index (χ1v) is 9.04. The van der Waals surface area contributed by atoms with Gasteiger partial charge in [0, 0.05) is 8.95 Å². The Kier molecular flexibility index (Phi) is 4.85. The van der Waals surface area contributed by atoms with Crippen molar-refractivity contribution in [3.63, 3.8) is 0 Å². The topological polar surface area (TPSA) is 71.4 Å². The van der Waals surface area contributed by atoms with Crippen LogP contribution in [0.3, 0.4) is 0 Å². The van der Waals surface area contributed by atoms with E-state index in [4.69, 9.17) is 5.11 Å². The number of aromatic carboxylic acids is 1. The molecule has 0 aromatic heterocycles. The third-order valence-corrected chi connectivity index (χ3v) is 5.78. The molecule has 2 aromatic carbocycles. The van der Waals surface area contributed by atoms with Crippen molar-refractivity contribution >= 4 is 47.7 Å². The van der Waals surface area contributed by atoms with E-state index < -0.39 is 15.8 Å². The molecule has 0 aliphatic carbocycles. The molecule has 4 nitrogen and oxygen atoms in total. The smallest absolute Gasteiger partial charge is 0.337 e. The molecule has 2 aromatic rings. The number of rotatable bonds is 4. The second-order valence-electron chi connectivity index (χ2n) is 4.30. The lowest BCUT2D eigenvalue weighted by Gasteiger charge is -2.09. The average molecular weight is 434 g/mol. The van der Waals surface area contributed by atoms with Crippen LogP contribution in [0.15, 0.2) is 56.3 Å². The molecule has 0 heterocycles. The van der Waals surface area contributed by atoms with Gasteiger partial charge in [-0.15, -0.1) is 0 Å². The van der Waals surface area contributed by atoms with Crippen molar-refractivity contribution in [1.29, 1.82) is 0 Å². The minimum Gasteiger partial charge on any atom is -0.478 e. The number of benzene rings is 2. The highest BCUT2D eigenvalue weighted by molar-refractivity contribution is 9.10. The Morgan fingerprint density at radius 3 is 2.38 bits per heavy atom. The molecular formula is C14H10Br2O4S. The van der Waals surface area contributed by atoms with Crippen molar-refractivity contribution in [1.82, 2.24) is 0 Å². The second-order valence-corrected chi connectivity index (χ2v) is 8.02. The zero-order chi connectivity index (χ0) is 15.6. The van der Waals surface area contributed by atoms with Crippen molar-refractivity contribution in [2.24, 2.45) is 0 Å². The summed E-state index contributed by atoms with van der Waals surface area (Å²) in [6, 6.07) is 11.0. The Balaban J connectivity index is 2.52. The number of sulfone groups is 1. The van der Waals surface area contributed by atoms with E-state index in [0.717, 1.165) is 0 Å². The molecule has 1 N–H and O–H groups in total. The molecule has 0 amide bonds. The zero-order valence-electron chi connectivity index (χ0n) is 10.6. The van der Waals surface area contributed by atoms with Gasteiger partial charge in [0.15, 0.2) is 9.84 Å². The molecule has 21 heavy (non-hydrogen) atoms. The van der Waals surface area contributed by atoms with Gasteiger partial charge in [0.05, 0.1) is 16.2 Å². The number of carboxylic acid groups (broad SMARTS) is 1. The van der Waals surface area contributed by atoms with Gasteiger partial charge in [0.25, 0.3) is 0 Å². The van der Waals surface area contributed by atoms with Gasteiger partial charge in [-0.2, -0.15) is 0 Å². The number of halogens is 2. The van der Waals surface area contributed by atoms with Gasteiger partial charge in [-0.3, -0.25) is 0 Å². The maximum atomic E-state index is 12.5. The summed E-state index contributed by atoms with van der Waals surface area (Å²) < 4.78 is 26.2. The molecule has 0 aliphatic heterocycles. The third kappa shape index (κ3) is 3.72. The molecule has 7 heteroatoms. The van der Waals surface area contributed by atoms with Crippen LogP contribution < -0.4 is 0 Å². The number of carboxylic acids is 1. The summed E-state index contributed by atoms with van der Waals surface area (Å²) in [5, 5.41) is 9.15. The van der Waals surface area contributed by atoms with Crippen LogP contribution in [0.2, 0.25) is 0 Å². The number of carbonyl (C=O) groups is 1. The normalized spacial score (nSPS) is 11.3. The van der Waals surface area contributed by atoms with E-state index in [-0.39, 0.29) is 16.2 Å². The molecular weight excluding hydrogens is 424 g/mol. The van der Waals surface area contributed by atoms with Crippen molar-refractivity contribution < 1.29 is 18.3 Å². The fourth-order valence-corrected chi connectivity index (χ4v) is 4.56. The molecule has 0 saturated heterocycles. The van der Waals surface area contributed by atoms with E-state index in [1.54, 1.807) is 24.3 Å². The lowest BCUT2D eigenvalue weighted by atomic mass is 10.2. The fraction of sp³-hybridized carbons (Fsp3) is 0.0714. The summed E-state index contributed by atoms with van der Waals surface area (Å²) in [6.45, 7) is 0. The fourth-order valence-electron chi connectivity index (χ4n) is 1.83. The first-order valence-electron chi connectivity index (χ1n) is 5.80. The minimum atomic E-state index is -3.77. The van der Waals surface area contributed by atoms with Crippen molar-refractivity contribution in [3.05, 3.63) is 62.5 Å². The Hall–Kier alpha value is -1.18. The maximum Gasteiger partial charge on any atom is 0.337 e. The highest BCUT2D eigenvalue weighted by Gasteiger charge is 2.23. The Labute approximate surface area is 139 Å². The molecule has 2 rings (SSSR count). The molecule has 110 valence electrons. The van der Waals surface area contributed by atoms with Crippen LogP contribution in [0.25, 0.3) is 0 Å². The molecule has 0 unspecified atom stereocenters. The van der Waals surface area contributed by atoms with E-state index in [1.165, 1.54) is 18.2 Å². The quantitative estimate of drug-likeness (QED) is 0.793. The van der Waals surface area contributed by atoms with Crippen LogP contribution in [-0.4, -0.2) is 19.5 Å². The van der Waals surface area contributed by atoms with Crippen LogP contribution in [0, 0.1) is 0 Å². The van der Waals surface area contributed by atoms with Gasteiger partial charge in [-0.1, -0.05) is 50.1 Å². The summed E-state index contributed by atoms with van der Waals surface area (Å²) in [5.41, 5.74) is 0.346. The molecule has 0 aliphatic rings. The van der Waals surface area contributed by atoms with Gasteiger partial charge >= 0.3 is 5.97 Å². The summed E-state index contributed by atoms with van der Waals surface area (Å²) in [4.78, 5) is 11.0. The SMILES string of the molecule is O=C(O)c1ccc(Br)cc1S(=O)(=O)Cc1ccccc1Br. The van der Waals surface area contributed by atoms with Gasteiger partial charge in [0.1, 0.15) is 0 Å². The summed E-state index contributed by atoms with van der Waals surface area (Å²) >= 11 is 6.46. The largest absolute Gasteiger partial charge is 0.478 e. The maximum absolute atomic E-state index is 12.5. The van der Waals surface area contributed by atoms with Gasteiger partial charge in [-0.25, -0.2) is 13.2 Å². The molecule has 0 atom stereocenters. The number of hydrogen-bond donors (Lipinski definition) is 1. The van der Waals surface area contributed by atoms with E-state index in [1.807, 2.05) is 0 Å². The molecule has 0 spiro atoms. The minimum absolute atomic E-state index is 0.194. The summed E-state index contributed by atoms with van der Waals surface area (Å²) in [6.07, 6.45) is 0. The van der Waals surface area contributed by atoms with Gasteiger partial charge in [-0.05, 0) is 29.8 Å². The molecule has 0 fully saturated rings. The van der Waals surface area contributed by atoms with E-state index >= 15 is 0 Å². The van der Waals surface area contributed by atoms with Crippen LogP contribution in [-0.2, 0) is 15.6 Å². The lowest BCUT2D eigenvalue weighted by Crippen LogP contribution is -2.11. The first kappa shape index (κ1) is 16.2. The van der Waals surface area contributed by atoms with Crippen LogP contribution in [0.1, 0.15) is 15.9 Å². The zero-order valence-corrected chi connectivity index (χ0v) is 14.6. The van der Waals surface area contributed by atoms with Crippen molar-refractivity contribution in [2.45, 2.75) is 10.6 Å². The first-order chi connectivity index (χ1) is 9.81. The van der Waals surface area contributed by atoms with Crippen LogP contribution in [0.4, 0.5) is 0 Å². The van der Waals surface area contributed by atoms with Crippen LogP contribution >= 0.6 is 31.9 Å². The lowest BCUT2D eigenvalue weighted by molar-refractivity contribution is 0.0692. The standard InChI is InChI=1S/C14H10Br2O4S/c15-10-5-6-11(14(17)18)13(7-10)21(19,20)8-9-3-1-2-4-12(9)16/h1-7H,8H2,(H,17,18).